The number of nitrogens with one attached hydrogen (secondary N) is 1. The number of amides is 2. The third-order valence-electron chi connectivity index (χ3n) is 1.12. The van der Waals surface area contributed by atoms with E-state index in [9.17, 15) is 14.4 Å². The first-order valence-electron chi connectivity index (χ1n) is 3.51. The summed E-state index contributed by atoms with van der Waals surface area (Å²) in [5.74, 6) is -2.55. The van der Waals surface area contributed by atoms with Crippen LogP contribution in [-0.2, 0) is 9.59 Å². The number of thioether (sulfide) groups is 1. The number of rotatable bonds is 6. The summed E-state index contributed by atoms with van der Waals surface area (Å²) < 4.78 is 0. The van der Waals surface area contributed by atoms with E-state index in [0.717, 1.165) is 11.8 Å². The molecule has 0 spiro atoms. The molecule has 0 heterocycles. The molecule has 0 aromatic carbocycles. The smallest absolute Gasteiger partial charge is 0.327 e. The molecule has 0 fully saturated rings. The van der Waals surface area contributed by atoms with Crippen molar-refractivity contribution >= 4 is 29.7 Å². The van der Waals surface area contributed by atoms with E-state index in [1.165, 1.54) is 0 Å². The maximum atomic E-state index is 10.5. The fraction of sp³-hybridized carbons (Fsp3) is 0.500. The third-order valence-corrected chi connectivity index (χ3v) is 2.14. The second-order valence-corrected chi connectivity index (χ2v) is 3.34. The van der Waals surface area contributed by atoms with Crippen LogP contribution >= 0.6 is 11.8 Å². The highest BCUT2D eigenvalue weighted by Crippen LogP contribution is 2.02. The zero-order valence-corrected chi connectivity index (χ0v) is 7.91. The molecule has 0 aromatic rings. The molecule has 0 saturated carbocycles. The average molecular weight is 222 g/mol. The molecule has 0 radical (unpaired) electrons. The fourth-order valence-corrected chi connectivity index (χ4v) is 1.36. The predicted octanol–water partition coefficient (Wildman–Crippen LogP) is -1.07. The molecule has 0 saturated heterocycles. The molecule has 0 aromatic heterocycles. The van der Waals surface area contributed by atoms with Crippen molar-refractivity contribution in [3.8, 4) is 0 Å². The zero-order valence-electron chi connectivity index (χ0n) is 7.10. The minimum absolute atomic E-state index is 0.0371. The van der Waals surface area contributed by atoms with Crippen molar-refractivity contribution in [3.63, 3.8) is 0 Å². The largest absolute Gasteiger partial charge is 0.481 e. The minimum atomic E-state index is -1.25. The van der Waals surface area contributed by atoms with Crippen LogP contribution in [0.25, 0.3) is 0 Å². The highest BCUT2D eigenvalue weighted by molar-refractivity contribution is 8.00. The van der Waals surface area contributed by atoms with Gasteiger partial charge in [0.05, 0.1) is 5.75 Å². The Morgan fingerprint density at radius 3 is 2.29 bits per heavy atom. The zero-order chi connectivity index (χ0) is 11.1. The van der Waals surface area contributed by atoms with E-state index in [0.29, 0.717) is 0 Å². The van der Waals surface area contributed by atoms with Gasteiger partial charge in [-0.15, -0.1) is 11.8 Å². The molecule has 0 aliphatic carbocycles. The van der Waals surface area contributed by atoms with Crippen LogP contribution < -0.4 is 11.1 Å². The highest BCUT2D eigenvalue weighted by atomic mass is 32.2. The number of carboxylic acids is 2. The van der Waals surface area contributed by atoms with Gasteiger partial charge in [-0.2, -0.15) is 0 Å². The quantitative estimate of drug-likeness (QED) is 0.452. The van der Waals surface area contributed by atoms with Crippen molar-refractivity contribution in [3.05, 3.63) is 0 Å². The number of carboxylic acid groups (broad SMARTS) is 2. The second kappa shape index (κ2) is 6.08. The number of hydrogen-bond acceptors (Lipinski definition) is 4. The van der Waals surface area contributed by atoms with Crippen molar-refractivity contribution in [2.45, 2.75) is 6.04 Å². The molecule has 1 unspecified atom stereocenters. The third kappa shape index (κ3) is 6.12. The number of urea groups is 1. The van der Waals surface area contributed by atoms with E-state index in [1.807, 2.05) is 5.32 Å². The Balaban J connectivity index is 3.91. The molecule has 80 valence electrons. The summed E-state index contributed by atoms with van der Waals surface area (Å²) in [4.78, 5) is 30.9. The molecule has 2 amide bonds. The SMILES string of the molecule is NC(=O)NC(CSCC(=O)O)C(=O)O. The van der Waals surface area contributed by atoms with Crippen molar-refractivity contribution in [1.82, 2.24) is 5.32 Å². The Morgan fingerprint density at radius 1 is 1.36 bits per heavy atom. The number of primary amides is 1. The van der Waals surface area contributed by atoms with Gasteiger partial charge in [0, 0.05) is 5.75 Å². The summed E-state index contributed by atoms with van der Waals surface area (Å²) in [7, 11) is 0. The molecule has 0 aliphatic rings. The van der Waals surface area contributed by atoms with Gasteiger partial charge in [-0.25, -0.2) is 9.59 Å². The van der Waals surface area contributed by atoms with E-state index < -0.39 is 24.0 Å². The van der Waals surface area contributed by atoms with Crippen LogP contribution in [0.15, 0.2) is 0 Å². The number of nitrogens with two attached hydrogens (primary N) is 1. The first kappa shape index (κ1) is 12.6. The molecule has 0 aliphatic heterocycles. The van der Waals surface area contributed by atoms with Crippen LogP contribution in [-0.4, -0.2) is 45.7 Å². The highest BCUT2D eigenvalue weighted by Gasteiger charge is 2.18. The fourth-order valence-electron chi connectivity index (χ4n) is 0.611. The van der Waals surface area contributed by atoms with Crippen molar-refractivity contribution < 1.29 is 24.6 Å². The Labute approximate surface area is 83.6 Å². The van der Waals surface area contributed by atoms with Gasteiger partial charge < -0.3 is 21.3 Å². The first-order chi connectivity index (χ1) is 6.43. The lowest BCUT2D eigenvalue weighted by Crippen LogP contribution is -2.45. The van der Waals surface area contributed by atoms with Crippen molar-refractivity contribution in [1.29, 1.82) is 0 Å². The number of carbonyl (C=O) groups excluding carboxylic acids is 1. The topological polar surface area (TPSA) is 130 Å². The van der Waals surface area contributed by atoms with Crippen LogP contribution in [0.3, 0.4) is 0 Å². The van der Waals surface area contributed by atoms with E-state index in [4.69, 9.17) is 15.9 Å². The van der Waals surface area contributed by atoms with Gasteiger partial charge in [0.25, 0.3) is 0 Å². The summed E-state index contributed by atoms with van der Waals surface area (Å²) >= 11 is 0.889. The summed E-state index contributed by atoms with van der Waals surface area (Å²) in [6, 6.07) is -2.11. The lowest BCUT2D eigenvalue weighted by Gasteiger charge is -2.11. The average Bonchev–Trinajstić information content (AvgIpc) is 2.00. The molecule has 8 heteroatoms. The van der Waals surface area contributed by atoms with Crippen molar-refractivity contribution in [2.75, 3.05) is 11.5 Å². The van der Waals surface area contributed by atoms with E-state index in [1.54, 1.807) is 0 Å². The van der Waals surface area contributed by atoms with Crippen LogP contribution in [0.1, 0.15) is 0 Å². The normalized spacial score (nSPS) is 11.7. The van der Waals surface area contributed by atoms with Crippen molar-refractivity contribution in [2.24, 2.45) is 5.73 Å². The van der Waals surface area contributed by atoms with Gasteiger partial charge in [0.1, 0.15) is 6.04 Å². The summed E-state index contributed by atoms with van der Waals surface area (Å²) in [6.45, 7) is 0. The van der Waals surface area contributed by atoms with Gasteiger partial charge in [0.15, 0.2) is 0 Å². The van der Waals surface area contributed by atoms with E-state index >= 15 is 0 Å². The lowest BCUT2D eigenvalue weighted by atomic mass is 10.3. The number of hydrogen-bond donors (Lipinski definition) is 4. The van der Waals surface area contributed by atoms with Crippen LogP contribution in [0.5, 0.6) is 0 Å². The molecule has 0 bridgehead atoms. The molecular formula is C6H10N2O5S. The van der Waals surface area contributed by atoms with Crippen LogP contribution in [0, 0.1) is 0 Å². The van der Waals surface area contributed by atoms with Crippen LogP contribution in [0.4, 0.5) is 4.79 Å². The molecule has 14 heavy (non-hydrogen) atoms. The predicted molar refractivity (Wildman–Crippen MR) is 49.1 cm³/mol. The molecular weight excluding hydrogens is 212 g/mol. The van der Waals surface area contributed by atoms with Gasteiger partial charge in [-0.3, -0.25) is 4.79 Å². The summed E-state index contributed by atoms with van der Waals surface area (Å²) in [6.07, 6.45) is 0. The molecule has 5 N–H and O–H groups in total. The Kier molecular flexibility index (Phi) is 5.46. The second-order valence-electron chi connectivity index (χ2n) is 2.31. The Morgan fingerprint density at radius 2 is 1.93 bits per heavy atom. The number of carbonyl (C=O) groups is 3. The first-order valence-corrected chi connectivity index (χ1v) is 4.67. The molecule has 0 rings (SSSR count). The summed E-state index contributed by atoms with van der Waals surface area (Å²) in [5, 5.41) is 18.8. The van der Waals surface area contributed by atoms with E-state index in [2.05, 4.69) is 0 Å². The maximum Gasteiger partial charge on any atom is 0.327 e. The van der Waals surface area contributed by atoms with Gasteiger partial charge in [-0.05, 0) is 0 Å². The molecule has 1 atom stereocenters. The standard InChI is InChI=1S/C6H10N2O5S/c7-6(13)8-3(5(11)12)1-14-2-4(9)10/h3H,1-2H2,(H,9,10)(H,11,12)(H3,7,8,13). The summed E-state index contributed by atoms with van der Waals surface area (Å²) in [5.41, 5.74) is 4.72. The molecule has 7 nitrogen and oxygen atoms in total. The maximum absolute atomic E-state index is 10.5. The monoisotopic (exact) mass is 222 g/mol. The number of aliphatic carboxylic acids is 2. The van der Waals surface area contributed by atoms with Gasteiger partial charge in [0.2, 0.25) is 0 Å². The van der Waals surface area contributed by atoms with Crippen LogP contribution in [0.2, 0.25) is 0 Å². The Hall–Kier alpha value is -1.44. The Bertz CT molecular complexity index is 244. The van der Waals surface area contributed by atoms with Gasteiger partial charge >= 0.3 is 18.0 Å². The minimum Gasteiger partial charge on any atom is -0.481 e. The van der Waals surface area contributed by atoms with E-state index in [-0.39, 0.29) is 11.5 Å². The lowest BCUT2D eigenvalue weighted by molar-refractivity contribution is -0.138. The van der Waals surface area contributed by atoms with Gasteiger partial charge in [-0.1, -0.05) is 0 Å².